The topological polar surface area (TPSA) is 188 Å². The fourth-order valence-electron chi connectivity index (χ4n) is 8.13. The normalized spacial score (nSPS) is 17.9. The predicted molar refractivity (Wildman–Crippen MR) is 223 cm³/mol. The summed E-state index contributed by atoms with van der Waals surface area (Å²) in [4.78, 5) is 76.2. The van der Waals surface area contributed by atoms with E-state index in [-0.39, 0.29) is 35.7 Å². The fraction of sp³-hybridized carbons (Fsp3) is 0.432. The van der Waals surface area contributed by atoms with Gasteiger partial charge in [0.05, 0.1) is 61.3 Å². The summed E-state index contributed by atoms with van der Waals surface area (Å²) >= 11 is 0. The molecule has 0 spiro atoms. The van der Waals surface area contributed by atoms with Gasteiger partial charge in [0.1, 0.15) is 23.7 Å². The molecule has 2 aromatic carbocycles. The van der Waals surface area contributed by atoms with Gasteiger partial charge in [-0.2, -0.15) is 0 Å². The van der Waals surface area contributed by atoms with Crippen molar-refractivity contribution in [2.45, 2.75) is 84.0 Å². The Bertz CT molecular complexity index is 2300. The smallest absolute Gasteiger partial charge is 0.407 e. The molecule has 3 aromatic heterocycles. The van der Waals surface area contributed by atoms with Gasteiger partial charge in [-0.25, -0.2) is 24.5 Å². The van der Waals surface area contributed by atoms with Crippen LogP contribution in [0.3, 0.4) is 0 Å². The lowest BCUT2D eigenvalue weighted by Gasteiger charge is -2.37. The number of benzene rings is 2. The van der Waals surface area contributed by atoms with Gasteiger partial charge in [0.25, 0.3) is 0 Å². The third kappa shape index (κ3) is 8.78. The first-order chi connectivity index (χ1) is 28.4. The van der Waals surface area contributed by atoms with Crippen LogP contribution >= 0.6 is 0 Å². The number of piperidine rings is 1. The molecule has 7 rings (SSSR count). The summed E-state index contributed by atoms with van der Waals surface area (Å²) in [5.41, 5.74) is 6.27. The molecule has 0 unspecified atom stereocenters. The summed E-state index contributed by atoms with van der Waals surface area (Å²) in [7, 11) is 2.58. The number of alkyl carbamates (subject to hydrolysis) is 2. The Morgan fingerprint density at radius 3 is 1.73 bits per heavy atom. The van der Waals surface area contributed by atoms with Gasteiger partial charge < -0.3 is 39.9 Å². The molecule has 0 saturated carbocycles. The second-order valence-corrected chi connectivity index (χ2v) is 16.0. The Morgan fingerprint density at radius 2 is 1.17 bits per heavy atom. The molecule has 2 fully saturated rings. The van der Waals surface area contributed by atoms with Gasteiger partial charge in [-0.15, -0.1) is 0 Å². The Hall–Kier alpha value is -6.25. The molecule has 5 heterocycles. The number of H-pyrrole nitrogens is 2. The monoisotopic (exact) mass is 803 g/mol. The number of fused-ring (bicyclic) bond motifs is 1. The number of methoxy groups -OCH3 is 2. The molecular formula is C44H53N9O6. The largest absolute Gasteiger partial charge is 0.453 e. The molecule has 4 atom stereocenters. The van der Waals surface area contributed by atoms with E-state index in [2.05, 4.69) is 32.7 Å². The zero-order chi connectivity index (χ0) is 41.8. The van der Waals surface area contributed by atoms with Crippen LogP contribution in [0.25, 0.3) is 44.7 Å². The number of aromatic nitrogens is 5. The number of rotatable bonds is 11. The second kappa shape index (κ2) is 17.7. The summed E-state index contributed by atoms with van der Waals surface area (Å²) in [6.07, 6.45) is 6.60. The fourth-order valence-corrected chi connectivity index (χ4v) is 8.13. The van der Waals surface area contributed by atoms with Gasteiger partial charge in [0, 0.05) is 29.6 Å². The van der Waals surface area contributed by atoms with Crippen LogP contribution in [0.2, 0.25) is 0 Å². The summed E-state index contributed by atoms with van der Waals surface area (Å²) < 4.78 is 9.55. The standard InChI is InChI=1S/C44H53N9O6/c1-25(2)37(50-43(56)58-5)41(54)52-20-8-7-10-35(52)39-45-23-33(48-39)28-14-12-27(13-15-28)31-18-16-29-22-30(17-19-32(29)47-31)34-24-46-40(49-34)36-11-9-21-53(36)42(55)38(26(3)4)51-44(57)59-6/h12-19,22-26,35-38H,7-11,20-21H2,1-6H3,(H,45,48)(H,46,49)(H,50,56)(H,51,57)/t35-,36-,37-,38-/m0/s1. The minimum absolute atomic E-state index is 0.111. The molecule has 0 radical (unpaired) electrons. The average molecular weight is 804 g/mol. The number of ether oxygens (including phenoxy) is 2. The first-order valence-corrected chi connectivity index (χ1v) is 20.4. The molecule has 0 bridgehead atoms. The van der Waals surface area contributed by atoms with E-state index in [0.717, 1.165) is 82.6 Å². The van der Waals surface area contributed by atoms with Gasteiger partial charge in [-0.05, 0) is 67.7 Å². The van der Waals surface area contributed by atoms with Crippen molar-refractivity contribution in [3.63, 3.8) is 0 Å². The second-order valence-electron chi connectivity index (χ2n) is 16.0. The molecule has 15 nitrogen and oxygen atoms in total. The van der Waals surface area contributed by atoms with E-state index in [9.17, 15) is 19.2 Å². The molecule has 15 heteroatoms. The van der Waals surface area contributed by atoms with Crippen molar-refractivity contribution >= 4 is 34.9 Å². The maximum Gasteiger partial charge on any atom is 0.407 e. The van der Waals surface area contributed by atoms with Crippen LogP contribution in [0.5, 0.6) is 0 Å². The highest BCUT2D eigenvalue weighted by Crippen LogP contribution is 2.35. The lowest BCUT2D eigenvalue weighted by atomic mass is 9.97. The van der Waals surface area contributed by atoms with Gasteiger partial charge in [-0.3, -0.25) is 9.59 Å². The maximum atomic E-state index is 13.7. The van der Waals surface area contributed by atoms with Crippen LogP contribution in [-0.4, -0.2) is 98.1 Å². The number of pyridine rings is 1. The Morgan fingerprint density at radius 1 is 0.661 bits per heavy atom. The lowest BCUT2D eigenvalue weighted by Crippen LogP contribution is -2.53. The van der Waals surface area contributed by atoms with Crippen molar-refractivity contribution in [2.24, 2.45) is 11.8 Å². The van der Waals surface area contributed by atoms with Crippen LogP contribution in [0, 0.1) is 11.8 Å². The number of carbonyl (C=O) groups is 4. The van der Waals surface area contributed by atoms with Crippen LogP contribution in [0.15, 0.2) is 67.0 Å². The zero-order valence-corrected chi connectivity index (χ0v) is 34.5. The van der Waals surface area contributed by atoms with Crippen molar-refractivity contribution in [1.29, 1.82) is 0 Å². The number of amides is 4. The molecule has 4 N–H and O–H groups in total. The van der Waals surface area contributed by atoms with Crippen molar-refractivity contribution in [1.82, 2.24) is 45.4 Å². The minimum Gasteiger partial charge on any atom is -0.453 e. The number of aromatic amines is 2. The third-order valence-corrected chi connectivity index (χ3v) is 11.4. The van der Waals surface area contributed by atoms with Crippen LogP contribution < -0.4 is 10.6 Å². The summed E-state index contributed by atoms with van der Waals surface area (Å²) in [5, 5.41) is 6.39. The van der Waals surface area contributed by atoms with Gasteiger partial charge in [0.2, 0.25) is 11.8 Å². The highest BCUT2D eigenvalue weighted by molar-refractivity contribution is 5.88. The molecule has 5 aromatic rings. The molecular weight excluding hydrogens is 751 g/mol. The number of nitrogens with one attached hydrogen (secondary N) is 4. The van der Waals surface area contributed by atoms with Crippen molar-refractivity contribution < 1.29 is 28.7 Å². The molecule has 59 heavy (non-hydrogen) atoms. The van der Waals surface area contributed by atoms with Crippen molar-refractivity contribution in [3.05, 3.63) is 78.6 Å². The molecule has 0 aliphatic carbocycles. The number of carbonyl (C=O) groups excluding carboxylic acids is 4. The van der Waals surface area contributed by atoms with Gasteiger partial charge in [0.15, 0.2) is 0 Å². The number of likely N-dealkylation sites (tertiary alicyclic amines) is 2. The number of hydrogen-bond acceptors (Lipinski definition) is 9. The van der Waals surface area contributed by atoms with E-state index >= 15 is 0 Å². The van der Waals surface area contributed by atoms with E-state index in [1.807, 2.05) is 75.1 Å². The van der Waals surface area contributed by atoms with Crippen molar-refractivity contribution in [2.75, 3.05) is 27.3 Å². The van der Waals surface area contributed by atoms with Crippen LogP contribution in [-0.2, 0) is 19.1 Å². The first-order valence-electron chi connectivity index (χ1n) is 20.4. The van der Waals surface area contributed by atoms with E-state index in [1.54, 1.807) is 17.3 Å². The molecule has 2 aliphatic rings. The Balaban J connectivity index is 1.03. The van der Waals surface area contributed by atoms with E-state index in [0.29, 0.717) is 18.9 Å². The number of imidazole rings is 2. The molecule has 2 aliphatic heterocycles. The highest BCUT2D eigenvalue weighted by atomic mass is 16.5. The van der Waals surface area contributed by atoms with E-state index in [4.69, 9.17) is 24.4 Å². The summed E-state index contributed by atoms with van der Waals surface area (Å²) in [6, 6.07) is 16.5. The zero-order valence-electron chi connectivity index (χ0n) is 34.5. The molecule has 310 valence electrons. The quantitative estimate of drug-likeness (QED) is 0.107. The van der Waals surface area contributed by atoms with Gasteiger partial charge >= 0.3 is 12.2 Å². The average Bonchev–Trinajstić information content (AvgIpc) is 4.06. The molecule has 4 amide bonds. The van der Waals surface area contributed by atoms with E-state index < -0.39 is 24.3 Å². The van der Waals surface area contributed by atoms with Gasteiger partial charge in [-0.1, -0.05) is 64.1 Å². The maximum absolute atomic E-state index is 13.7. The first kappa shape index (κ1) is 40.9. The Labute approximate surface area is 343 Å². The van der Waals surface area contributed by atoms with Crippen LogP contribution in [0.4, 0.5) is 9.59 Å². The predicted octanol–water partition coefficient (Wildman–Crippen LogP) is 7.16. The summed E-state index contributed by atoms with van der Waals surface area (Å²) in [6.45, 7) is 8.79. The summed E-state index contributed by atoms with van der Waals surface area (Å²) in [5.74, 6) is 0.928. The molecule has 2 saturated heterocycles. The number of nitrogens with zero attached hydrogens (tertiary/aromatic N) is 5. The third-order valence-electron chi connectivity index (χ3n) is 11.4. The van der Waals surface area contributed by atoms with E-state index in [1.165, 1.54) is 14.2 Å². The SMILES string of the molecule is COC(=O)N[C@H](C(=O)N1CCCC[C@H]1c1ncc(-c2ccc(-c3ccc4cc(-c5cnc([C@@H]6CCCN6C(=O)[C@@H](NC(=O)OC)C(C)C)[nH]5)ccc4n3)cc2)[nH]1)C(C)C. The highest BCUT2D eigenvalue weighted by Gasteiger charge is 2.38. The lowest BCUT2D eigenvalue weighted by molar-refractivity contribution is -0.138. The Kier molecular flexibility index (Phi) is 12.3. The number of hydrogen-bond donors (Lipinski definition) is 4. The minimum atomic E-state index is -0.697. The van der Waals surface area contributed by atoms with Crippen LogP contribution in [0.1, 0.15) is 83.5 Å². The van der Waals surface area contributed by atoms with Crippen molar-refractivity contribution in [3.8, 4) is 33.8 Å².